The molecular formula is C14H21NO3. The summed E-state index contributed by atoms with van der Waals surface area (Å²) in [6.45, 7) is 4.83. The minimum atomic E-state index is -0.260. The summed E-state index contributed by atoms with van der Waals surface area (Å²) in [5.74, 6) is 0.0485. The third-order valence-corrected chi connectivity index (χ3v) is 2.64. The number of rotatable bonds is 7. The van der Waals surface area contributed by atoms with Crippen molar-refractivity contribution in [3.05, 3.63) is 29.8 Å². The fraction of sp³-hybridized carbons (Fsp3) is 0.500. The Morgan fingerprint density at radius 1 is 1.33 bits per heavy atom. The van der Waals surface area contributed by atoms with Crippen molar-refractivity contribution in [1.82, 2.24) is 5.32 Å². The van der Waals surface area contributed by atoms with Gasteiger partial charge in [-0.2, -0.15) is 0 Å². The zero-order valence-electron chi connectivity index (χ0n) is 11.0. The second kappa shape index (κ2) is 7.71. The fourth-order valence-corrected chi connectivity index (χ4v) is 1.69. The first-order chi connectivity index (χ1) is 8.67. The quantitative estimate of drug-likeness (QED) is 0.729. The molecule has 4 heteroatoms. The molecule has 4 nitrogen and oxygen atoms in total. The summed E-state index contributed by atoms with van der Waals surface area (Å²) in [6.07, 6.45) is 1.68. The van der Waals surface area contributed by atoms with Gasteiger partial charge in [0, 0.05) is 6.54 Å². The number of nitrogens with one attached hydrogen (secondary N) is 1. The van der Waals surface area contributed by atoms with E-state index in [-0.39, 0.29) is 17.8 Å². The first-order valence-electron chi connectivity index (χ1n) is 6.35. The van der Waals surface area contributed by atoms with E-state index in [1.165, 1.54) is 0 Å². The van der Waals surface area contributed by atoms with Crippen molar-refractivity contribution >= 4 is 5.97 Å². The normalized spacial score (nSPS) is 12.1. The molecule has 0 radical (unpaired) electrons. The van der Waals surface area contributed by atoms with Gasteiger partial charge in [-0.25, -0.2) is 0 Å². The number of esters is 1. The Morgan fingerprint density at radius 3 is 2.56 bits per heavy atom. The minimum absolute atomic E-state index is 0.196. The molecule has 0 aromatic heterocycles. The summed E-state index contributed by atoms with van der Waals surface area (Å²) >= 11 is 0. The molecule has 0 amide bonds. The van der Waals surface area contributed by atoms with E-state index in [4.69, 9.17) is 4.74 Å². The summed E-state index contributed by atoms with van der Waals surface area (Å²) in [4.78, 5) is 11.7. The van der Waals surface area contributed by atoms with E-state index in [9.17, 15) is 9.90 Å². The van der Waals surface area contributed by atoms with Gasteiger partial charge in [-0.3, -0.25) is 4.79 Å². The molecule has 100 valence electrons. The van der Waals surface area contributed by atoms with Crippen molar-refractivity contribution in [2.24, 2.45) is 0 Å². The zero-order chi connectivity index (χ0) is 13.4. The molecule has 1 unspecified atom stereocenters. The highest BCUT2D eigenvalue weighted by molar-refractivity contribution is 5.75. The number of aromatic hydroxyl groups is 1. The van der Waals surface area contributed by atoms with Crippen LogP contribution in [0.1, 0.15) is 32.3 Å². The van der Waals surface area contributed by atoms with Gasteiger partial charge >= 0.3 is 5.97 Å². The van der Waals surface area contributed by atoms with Gasteiger partial charge in [0.25, 0.3) is 0 Å². The second-order valence-corrected chi connectivity index (χ2v) is 4.14. The lowest BCUT2D eigenvalue weighted by molar-refractivity contribution is -0.145. The Kier molecular flexibility index (Phi) is 6.22. The Bertz CT molecular complexity index is 362. The molecule has 1 rings (SSSR count). The maximum absolute atomic E-state index is 11.7. The Labute approximate surface area is 108 Å². The molecule has 0 aliphatic heterocycles. The predicted octanol–water partition coefficient (Wildman–Crippen LogP) is 2.21. The number of benzene rings is 1. The summed E-state index contributed by atoms with van der Waals surface area (Å²) < 4.78 is 5.02. The highest BCUT2D eigenvalue weighted by atomic mass is 16.5. The zero-order valence-corrected chi connectivity index (χ0v) is 11.0. The van der Waals surface area contributed by atoms with Crippen molar-refractivity contribution in [3.63, 3.8) is 0 Å². The Hall–Kier alpha value is -1.55. The van der Waals surface area contributed by atoms with E-state index in [2.05, 4.69) is 5.32 Å². The van der Waals surface area contributed by atoms with Crippen LogP contribution in [0.4, 0.5) is 0 Å². The van der Waals surface area contributed by atoms with Crippen LogP contribution < -0.4 is 5.32 Å². The van der Waals surface area contributed by atoms with Gasteiger partial charge in [0.15, 0.2) is 0 Å². The van der Waals surface area contributed by atoms with E-state index in [1.54, 1.807) is 19.1 Å². The number of ether oxygens (including phenoxy) is 1. The summed E-state index contributed by atoms with van der Waals surface area (Å²) in [6, 6.07) is 6.67. The Balaban J connectivity index is 2.51. The molecule has 18 heavy (non-hydrogen) atoms. The van der Waals surface area contributed by atoms with E-state index >= 15 is 0 Å². The molecular weight excluding hydrogens is 230 g/mol. The topological polar surface area (TPSA) is 58.6 Å². The SMILES string of the molecule is CCCC(NCc1ccc(O)cc1)C(=O)OCC. The number of carbonyl (C=O) groups is 1. The van der Waals surface area contributed by atoms with E-state index < -0.39 is 0 Å². The molecule has 0 spiro atoms. The molecule has 0 saturated carbocycles. The van der Waals surface area contributed by atoms with Gasteiger partial charge in [0.1, 0.15) is 11.8 Å². The summed E-state index contributed by atoms with van der Waals surface area (Å²) in [7, 11) is 0. The minimum Gasteiger partial charge on any atom is -0.508 e. The molecule has 1 atom stereocenters. The molecule has 0 saturated heterocycles. The number of phenols is 1. The average molecular weight is 251 g/mol. The van der Waals surface area contributed by atoms with E-state index in [0.717, 1.165) is 18.4 Å². The van der Waals surface area contributed by atoms with Crippen LogP contribution in [0.2, 0.25) is 0 Å². The van der Waals surface area contributed by atoms with Gasteiger partial charge < -0.3 is 15.2 Å². The molecule has 0 heterocycles. The van der Waals surface area contributed by atoms with E-state index in [1.807, 2.05) is 19.1 Å². The standard InChI is InChI=1S/C14H21NO3/c1-3-5-13(14(17)18-4-2)15-10-11-6-8-12(16)9-7-11/h6-9,13,15-16H,3-5,10H2,1-2H3. The van der Waals surface area contributed by atoms with Crippen molar-refractivity contribution in [2.45, 2.75) is 39.3 Å². The van der Waals surface area contributed by atoms with Crippen LogP contribution in [0.3, 0.4) is 0 Å². The first kappa shape index (κ1) is 14.5. The largest absolute Gasteiger partial charge is 0.508 e. The van der Waals surface area contributed by atoms with Gasteiger partial charge in [0.2, 0.25) is 0 Å². The smallest absolute Gasteiger partial charge is 0.323 e. The van der Waals surface area contributed by atoms with Gasteiger partial charge in [-0.1, -0.05) is 25.5 Å². The number of carbonyl (C=O) groups excluding carboxylic acids is 1. The van der Waals surface area contributed by atoms with Crippen LogP contribution in [0.15, 0.2) is 24.3 Å². The van der Waals surface area contributed by atoms with Crippen LogP contribution in [-0.4, -0.2) is 23.7 Å². The molecule has 0 aliphatic carbocycles. The van der Waals surface area contributed by atoms with Gasteiger partial charge in [-0.15, -0.1) is 0 Å². The van der Waals surface area contributed by atoms with Crippen LogP contribution in [0.25, 0.3) is 0 Å². The third-order valence-electron chi connectivity index (χ3n) is 2.64. The van der Waals surface area contributed by atoms with Crippen LogP contribution in [0, 0.1) is 0 Å². The maximum Gasteiger partial charge on any atom is 0.323 e. The molecule has 2 N–H and O–H groups in total. The van der Waals surface area contributed by atoms with Crippen LogP contribution in [0.5, 0.6) is 5.75 Å². The van der Waals surface area contributed by atoms with Crippen molar-refractivity contribution in [2.75, 3.05) is 6.61 Å². The monoisotopic (exact) mass is 251 g/mol. The lowest BCUT2D eigenvalue weighted by atomic mass is 10.1. The molecule has 0 bridgehead atoms. The summed E-state index contributed by atoms with van der Waals surface area (Å²) in [5.41, 5.74) is 1.03. The first-order valence-corrected chi connectivity index (χ1v) is 6.35. The lowest BCUT2D eigenvalue weighted by Gasteiger charge is -2.16. The van der Waals surface area contributed by atoms with Crippen LogP contribution in [-0.2, 0) is 16.1 Å². The average Bonchev–Trinajstić information content (AvgIpc) is 2.36. The lowest BCUT2D eigenvalue weighted by Crippen LogP contribution is -2.37. The van der Waals surface area contributed by atoms with Crippen molar-refractivity contribution in [3.8, 4) is 5.75 Å². The number of hydrogen-bond acceptors (Lipinski definition) is 4. The fourth-order valence-electron chi connectivity index (χ4n) is 1.69. The highest BCUT2D eigenvalue weighted by Gasteiger charge is 2.17. The molecule has 1 aromatic carbocycles. The van der Waals surface area contributed by atoms with Crippen molar-refractivity contribution < 1.29 is 14.6 Å². The molecule has 0 aliphatic rings. The molecule has 0 fully saturated rings. The number of phenolic OH excluding ortho intramolecular Hbond substituents is 1. The van der Waals surface area contributed by atoms with Gasteiger partial charge in [0.05, 0.1) is 6.61 Å². The highest BCUT2D eigenvalue weighted by Crippen LogP contribution is 2.10. The van der Waals surface area contributed by atoms with Crippen LogP contribution >= 0.6 is 0 Å². The maximum atomic E-state index is 11.7. The third kappa shape index (κ3) is 4.75. The second-order valence-electron chi connectivity index (χ2n) is 4.14. The predicted molar refractivity (Wildman–Crippen MR) is 70.3 cm³/mol. The van der Waals surface area contributed by atoms with Gasteiger partial charge in [-0.05, 0) is 31.0 Å². The van der Waals surface area contributed by atoms with Crippen molar-refractivity contribution in [1.29, 1.82) is 0 Å². The summed E-state index contributed by atoms with van der Waals surface area (Å²) in [5, 5.41) is 12.4. The Morgan fingerprint density at radius 2 is 2.00 bits per heavy atom. The van der Waals surface area contributed by atoms with E-state index in [0.29, 0.717) is 13.2 Å². The number of hydrogen-bond donors (Lipinski definition) is 2. The molecule has 1 aromatic rings.